The Balaban J connectivity index is 3.44. The van der Waals surface area contributed by atoms with E-state index >= 15 is 0 Å². The van der Waals surface area contributed by atoms with Gasteiger partial charge in [0, 0.05) is 3.57 Å². The summed E-state index contributed by atoms with van der Waals surface area (Å²) < 4.78 is 5.56. The SMILES string of the molecule is COC(=O)c1c(Cl)nc(C)c(I)c1C. The Hall–Kier alpha value is -0.360. The summed E-state index contributed by atoms with van der Waals surface area (Å²) in [6.45, 7) is 3.68. The van der Waals surface area contributed by atoms with Crippen LogP contribution in [0, 0.1) is 17.4 Å². The van der Waals surface area contributed by atoms with E-state index in [9.17, 15) is 4.79 Å². The zero-order chi connectivity index (χ0) is 10.9. The largest absolute Gasteiger partial charge is 0.465 e. The molecule has 0 aliphatic rings. The number of methoxy groups -OCH3 is 1. The number of aromatic nitrogens is 1. The number of rotatable bonds is 1. The van der Waals surface area contributed by atoms with Crippen LogP contribution in [0.1, 0.15) is 21.6 Å². The van der Waals surface area contributed by atoms with Crippen LogP contribution in [0.25, 0.3) is 0 Å². The van der Waals surface area contributed by atoms with Crippen molar-refractivity contribution in [2.45, 2.75) is 13.8 Å². The average molecular weight is 326 g/mol. The average Bonchev–Trinajstić information content (AvgIpc) is 2.14. The van der Waals surface area contributed by atoms with Gasteiger partial charge < -0.3 is 4.74 Å². The van der Waals surface area contributed by atoms with Gasteiger partial charge >= 0.3 is 5.97 Å². The van der Waals surface area contributed by atoms with Crippen LogP contribution in [0.3, 0.4) is 0 Å². The number of halogens is 2. The molecule has 5 heteroatoms. The summed E-state index contributed by atoms with van der Waals surface area (Å²) in [5.74, 6) is -0.446. The fraction of sp³-hybridized carbons (Fsp3) is 0.333. The Morgan fingerprint density at radius 2 is 2.07 bits per heavy atom. The molecule has 0 aliphatic carbocycles. The van der Waals surface area contributed by atoms with Gasteiger partial charge in [-0.1, -0.05) is 11.6 Å². The Kier molecular flexibility index (Phi) is 3.71. The molecule has 0 amide bonds. The van der Waals surface area contributed by atoms with Crippen molar-refractivity contribution in [2.24, 2.45) is 0 Å². The number of esters is 1. The van der Waals surface area contributed by atoms with Gasteiger partial charge in [0.15, 0.2) is 0 Å². The third-order valence-corrected chi connectivity index (χ3v) is 3.75. The summed E-state index contributed by atoms with van der Waals surface area (Å²) in [6.07, 6.45) is 0. The van der Waals surface area contributed by atoms with E-state index in [-0.39, 0.29) is 5.15 Å². The van der Waals surface area contributed by atoms with E-state index in [0.717, 1.165) is 14.8 Å². The fourth-order valence-electron chi connectivity index (χ4n) is 1.13. The van der Waals surface area contributed by atoms with Crippen molar-refractivity contribution in [3.8, 4) is 0 Å². The lowest BCUT2D eigenvalue weighted by Crippen LogP contribution is -2.08. The highest BCUT2D eigenvalue weighted by Gasteiger charge is 2.18. The number of pyridine rings is 1. The van der Waals surface area contributed by atoms with Crippen molar-refractivity contribution < 1.29 is 9.53 Å². The summed E-state index contributed by atoms with van der Waals surface area (Å²) in [6, 6.07) is 0. The third-order valence-electron chi connectivity index (χ3n) is 1.88. The quantitative estimate of drug-likeness (QED) is 0.453. The minimum Gasteiger partial charge on any atom is -0.465 e. The first-order valence-electron chi connectivity index (χ1n) is 3.89. The predicted molar refractivity (Wildman–Crippen MR) is 62.8 cm³/mol. The van der Waals surface area contributed by atoms with Crippen molar-refractivity contribution in [2.75, 3.05) is 7.11 Å². The van der Waals surface area contributed by atoms with E-state index in [2.05, 4.69) is 32.3 Å². The topological polar surface area (TPSA) is 39.2 Å². The van der Waals surface area contributed by atoms with Gasteiger partial charge in [-0.15, -0.1) is 0 Å². The molecule has 0 atom stereocenters. The molecule has 0 radical (unpaired) electrons. The number of hydrogen-bond acceptors (Lipinski definition) is 3. The molecule has 0 aromatic carbocycles. The zero-order valence-corrected chi connectivity index (χ0v) is 10.9. The zero-order valence-electron chi connectivity index (χ0n) is 8.02. The molecule has 0 aliphatic heterocycles. The fourth-order valence-corrected chi connectivity index (χ4v) is 1.86. The highest BCUT2D eigenvalue weighted by molar-refractivity contribution is 14.1. The van der Waals surface area contributed by atoms with Gasteiger partial charge in [0.2, 0.25) is 0 Å². The van der Waals surface area contributed by atoms with Gasteiger partial charge in [0.1, 0.15) is 10.7 Å². The molecule has 0 saturated heterocycles. The van der Waals surface area contributed by atoms with Crippen molar-refractivity contribution in [3.63, 3.8) is 0 Å². The Morgan fingerprint density at radius 1 is 1.50 bits per heavy atom. The normalized spacial score (nSPS) is 10.1. The third kappa shape index (κ3) is 2.00. The van der Waals surface area contributed by atoms with Crippen molar-refractivity contribution in [1.29, 1.82) is 0 Å². The van der Waals surface area contributed by atoms with Crippen LogP contribution in [-0.4, -0.2) is 18.1 Å². The van der Waals surface area contributed by atoms with Gasteiger partial charge in [-0.3, -0.25) is 0 Å². The maximum absolute atomic E-state index is 11.4. The number of carbonyl (C=O) groups is 1. The van der Waals surface area contributed by atoms with Crippen LogP contribution in [0.2, 0.25) is 5.15 Å². The summed E-state index contributed by atoms with van der Waals surface area (Å²) in [7, 11) is 1.32. The Bertz CT molecular complexity index is 393. The van der Waals surface area contributed by atoms with Crippen LogP contribution in [-0.2, 0) is 4.74 Å². The molecule has 0 saturated carbocycles. The van der Waals surface area contributed by atoms with Crippen molar-refractivity contribution >= 4 is 40.2 Å². The minimum absolute atomic E-state index is 0.201. The lowest BCUT2D eigenvalue weighted by atomic mass is 10.1. The maximum atomic E-state index is 11.4. The number of ether oxygens (including phenoxy) is 1. The first-order chi connectivity index (χ1) is 6.49. The Labute approximate surface area is 101 Å². The first-order valence-corrected chi connectivity index (χ1v) is 5.35. The van der Waals surface area contributed by atoms with Crippen LogP contribution in [0.5, 0.6) is 0 Å². The summed E-state index contributed by atoms with van der Waals surface area (Å²) >= 11 is 8.00. The standard InChI is InChI=1S/C9H9ClINO2/c1-4-6(9(13)14-3)8(10)12-5(2)7(4)11/h1-3H3. The molecule has 0 spiro atoms. The van der Waals surface area contributed by atoms with E-state index in [1.165, 1.54) is 7.11 Å². The molecule has 1 rings (SSSR count). The monoisotopic (exact) mass is 325 g/mol. The second-order valence-electron chi connectivity index (χ2n) is 2.79. The van der Waals surface area contributed by atoms with Gasteiger partial charge in [0.25, 0.3) is 0 Å². The highest BCUT2D eigenvalue weighted by Crippen LogP contribution is 2.25. The van der Waals surface area contributed by atoms with E-state index in [4.69, 9.17) is 11.6 Å². The number of hydrogen-bond donors (Lipinski definition) is 0. The number of aryl methyl sites for hydroxylation is 1. The van der Waals surface area contributed by atoms with Gasteiger partial charge in [-0.2, -0.15) is 0 Å². The second-order valence-corrected chi connectivity index (χ2v) is 4.23. The minimum atomic E-state index is -0.446. The number of nitrogens with zero attached hydrogens (tertiary/aromatic N) is 1. The second kappa shape index (κ2) is 4.44. The van der Waals surface area contributed by atoms with E-state index < -0.39 is 5.97 Å². The molecule has 0 N–H and O–H groups in total. The molecule has 3 nitrogen and oxygen atoms in total. The molecular weight excluding hydrogens is 316 g/mol. The van der Waals surface area contributed by atoms with Gasteiger partial charge in [-0.25, -0.2) is 9.78 Å². The molecule has 0 bridgehead atoms. The molecule has 76 valence electrons. The molecule has 1 aromatic heterocycles. The lowest BCUT2D eigenvalue weighted by Gasteiger charge is -2.09. The van der Waals surface area contributed by atoms with Crippen molar-refractivity contribution in [1.82, 2.24) is 4.98 Å². The van der Waals surface area contributed by atoms with Crippen molar-refractivity contribution in [3.05, 3.63) is 25.5 Å². The van der Waals surface area contributed by atoms with Crippen LogP contribution >= 0.6 is 34.2 Å². The van der Waals surface area contributed by atoms with Crippen LogP contribution in [0.15, 0.2) is 0 Å². The maximum Gasteiger partial charge on any atom is 0.341 e. The van der Waals surface area contributed by atoms with E-state index in [1.54, 1.807) is 0 Å². The molecule has 1 aromatic rings. The molecule has 14 heavy (non-hydrogen) atoms. The Morgan fingerprint density at radius 3 is 2.57 bits per heavy atom. The van der Waals surface area contributed by atoms with E-state index in [1.807, 2.05) is 13.8 Å². The van der Waals surface area contributed by atoms with E-state index in [0.29, 0.717) is 5.56 Å². The molecule has 1 heterocycles. The summed E-state index contributed by atoms with van der Waals surface area (Å²) in [4.78, 5) is 15.4. The summed E-state index contributed by atoms with van der Waals surface area (Å²) in [5, 5.41) is 0.201. The first kappa shape index (κ1) is 11.7. The predicted octanol–water partition coefficient (Wildman–Crippen LogP) is 2.74. The highest BCUT2D eigenvalue weighted by atomic mass is 127. The van der Waals surface area contributed by atoms with Crippen LogP contribution in [0.4, 0.5) is 0 Å². The molecule has 0 fully saturated rings. The molecular formula is C9H9ClINO2. The van der Waals surface area contributed by atoms with Gasteiger partial charge in [-0.05, 0) is 42.0 Å². The lowest BCUT2D eigenvalue weighted by molar-refractivity contribution is 0.0599. The molecule has 0 unspecified atom stereocenters. The summed E-state index contributed by atoms with van der Waals surface area (Å²) in [5.41, 5.74) is 1.99. The van der Waals surface area contributed by atoms with Gasteiger partial charge in [0.05, 0.1) is 12.8 Å². The smallest absolute Gasteiger partial charge is 0.341 e. The number of carbonyl (C=O) groups excluding carboxylic acids is 1. The van der Waals surface area contributed by atoms with Crippen LogP contribution < -0.4 is 0 Å².